The van der Waals surface area contributed by atoms with Gasteiger partial charge in [0, 0.05) is 6.07 Å². The molecule has 1 N–H and O–H groups in total. The third-order valence-electron chi connectivity index (χ3n) is 1.79. The molecule has 0 unspecified atom stereocenters. The van der Waals surface area contributed by atoms with Gasteiger partial charge in [0.1, 0.15) is 0 Å². The van der Waals surface area contributed by atoms with Crippen molar-refractivity contribution >= 4 is 18.0 Å². The Morgan fingerprint density at radius 1 is 1.47 bits per heavy atom. The van der Waals surface area contributed by atoms with E-state index in [0.29, 0.717) is 11.8 Å². The van der Waals surface area contributed by atoms with Crippen LogP contribution in [0.4, 0.5) is 5.69 Å². The van der Waals surface area contributed by atoms with Gasteiger partial charge in [0.25, 0.3) is 5.69 Å². The highest BCUT2D eigenvalue weighted by Gasteiger charge is 2.12. The first kappa shape index (κ1) is 11.1. The number of rotatable bonds is 4. The van der Waals surface area contributed by atoms with Crippen LogP contribution in [0.25, 0.3) is 6.08 Å². The molecule has 0 amide bonds. The second-order valence-corrected chi connectivity index (χ2v) is 2.78. The van der Waals surface area contributed by atoms with E-state index in [-0.39, 0.29) is 17.9 Å². The average Bonchev–Trinajstić information content (AvgIpc) is 2.25. The lowest BCUT2D eigenvalue weighted by molar-refractivity contribution is -0.385. The number of aliphatic hydroxyl groups is 1. The molecule has 78 valence electrons. The summed E-state index contributed by atoms with van der Waals surface area (Å²) in [4.78, 5) is 20.5. The number of benzene rings is 1. The molecule has 0 aromatic heterocycles. The van der Waals surface area contributed by atoms with Crippen molar-refractivity contribution in [2.45, 2.75) is 0 Å². The van der Waals surface area contributed by atoms with Gasteiger partial charge < -0.3 is 5.11 Å². The number of hydrogen-bond donors (Lipinski definition) is 1. The van der Waals surface area contributed by atoms with Crippen LogP contribution in [-0.2, 0) is 0 Å². The quantitative estimate of drug-likeness (QED) is 0.460. The molecule has 0 spiro atoms. The van der Waals surface area contributed by atoms with Gasteiger partial charge in [0.05, 0.1) is 17.1 Å². The van der Waals surface area contributed by atoms with Crippen LogP contribution >= 0.6 is 0 Å². The summed E-state index contributed by atoms with van der Waals surface area (Å²) in [5, 5.41) is 19.0. The van der Waals surface area contributed by atoms with Gasteiger partial charge in [0.15, 0.2) is 6.29 Å². The molecule has 0 aliphatic carbocycles. The summed E-state index contributed by atoms with van der Waals surface area (Å²) in [6.07, 6.45) is 3.50. The average molecular weight is 207 g/mol. The molecule has 0 heterocycles. The Bertz CT molecular complexity index is 412. The maximum absolute atomic E-state index is 10.6. The zero-order valence-electron chi connectivity index (χ0n) is 7.79. The minimum Gasteiger partial charge on any atom is -0.392 e. The molecule has 0 saturated heterocycles. The Kier molecular flexibility index (Phi) is 3.70. The van der Waals surface area contributed by atoms with Crippen LogP contribution in [0, 0.1) is 10.1 Å². The Hall–Kier alpha value is -2.01. The van der Waals surface area contributed by atoms with E-state index in [9.17, 15) is 14.9 Å². The van der Waals surface area contributed by atoms with E-state index in [0.717, 1.165) is 0 Å². The fourth-order valence-electron chi connectivity index (χ4n) is 1.13. The summed E-state index contributed by atoms with van der Waals surface area (Å²) in [7, 11) is 0. The molecule has 0 aliphatic heterocycles. The SMILES string of the molecule is O=Cc1cc(C=CCO)ccc1[N+](=O)[O-]. The van der Waals surface area contributed by atoms with Gasteiger partial charge in [-0.3, -0.25) is 14.9 Å². The van der Waals surface area contributed by atoms with E-state index in [1.165, 1.54) is 24.3 Å². The fourth-order valence-corrected chi connectivity index (χ4v) is 1.13. The second-order valence-electron chi connectivity index (χ2n) is 2.78. The summed E-state index contributed by atoms with van der Waals surface area (Å²) in [5.41, 5.74) is 0.447. The summed E-state index contributed by atoms with van der Waals surface area (Å²) in [6, 6.07) is 4.18. The highest BCUT2D eigenvalue weighted by molar-refractivity contribution is 5.82. The van der Waals surface area contributed by atoms with Crippen LogP contribution in [0.15, 0.2) is 24.3 Å². The molecule has 0 atom stereocenters. The normalized spacial score (nSPS) is 10.5. The fraction of sp³-hybridized carbons (Fsp3) is 0.100. The summed E-state index contributed by atoms with van der Waals surface area (Å²) >= 11 is 0. The lowest BCUT2D eigenvalue weighted by Crippen LogP contribution is -1.94. The van der Waals surface area contributed by atoms with Gasteiger partial charge in [-0.05, 0) is 17.7 Å². The summed E-state index contributed by atoms with van der Waals surface area (Å²) in [5.74, 6) is 0. The van der Waals surface area contributed by atoms with E-state index in [1.54, 1.807) is 6.08 Å². The number of carbonyl (C=O) groups is 1. The number of nitro benzene ring substituents is 1. The van der Waals surface area contributed by atoms with Crippen molar-refractivity contribution in [3.8, 4) is 0 Å². The molecule has 0 saturated carbocycles. The minimum atomic E-state index is -0.608. The molecule has 0 bridgehead atoms. The predicted molar refractivity (Wildman–Crippen MR) is 54.6 cm³/mol. The number of aliphatic hydroxyl groups excluding tert-OH is 1. The molecule has 5 nitrogen and oxygen atoms in total. The van der Waals surface area contributed by atoms with E-state index >= 15 is 0 Å². The largest absolute Gasteiger partial charge is 0.392 e. The maximum atomic E-state index is 10.6. The Morgan fingerprint density at radius 2 is 2.20 bits per heavy atom. The minimum absolute atomic E-state index is 0.0279. The maximum Gasteiger partial charge on any atom is 0.279 e. The van der Waals surface area contributed by atoms with Crippen LogP contribution < -0.4 is 0 Å². The molecule has 5 heteroatoms. The van der Waals surface area contributed by atoms with Crippen LogP contribution in [0.5, 0.6) is 0 Å². The molecule has 15 heavy (non-hydrogen) atoms. The van der Waals surface area contributed by atoms with Gasteiger partial charge in [-0.2, -0.15) is 0 Å². The van der Waals surface area contributed by atoms with Crippen molar-refractivity contribution in [2.24, 2.45) is 0 Å². The Morgan fingerprint density at radius 3 is 2.73 bits per heavy atom. The zero-order chi connectivity index (χ0) is 11.3. The van der Waals surface area contributed by atoms with E-state index in [1.807, 2.05) is 0 Å². The van der Waals surface area contributed by atoms with Gasteiger partial charge in [-0.25, -0.2) is 0 Å². The van der Waals surface area contributed by atoms with Crippen molar-refractivity contribution in [3.63, 3.8) is 0 Å². The van der Waals surface area contributed by atoms with Crippen LogP contribution in [-0.4, -0.2) is 22.9 Å². The molecule has 0 radical (unpaired) electrons. The lowest BCUT2D eigenvalue weighted by Gasteiger charge is -1.97. The molecule has 1 aromatic carbocycles. The molecular formula is C10H9NO4. The van der Waals surface area contributed by atoms with Gasteiger partial charge in [-0.1, -0.05) is 12.2 Å². The smallest absolute Gasteiger partial charge is 0.279 e. The van der Waals surface area contributed by atoms with Crippen LogP contribution in [0.3, 0.4) is 0 Å². The van der Waals surface area contributed by atoms with Crippen LogP contribution in [0.1, 0.15) is 15.9 Å². The molecule has 1 rings (SSSR count). The van der Waals surface area contributed by atoms with E-state index < -0.39 is 4.92 Å². The van der Waals surface area contributed by atoms with Crippen molar-refractivity contribution in [1.29, 1.82) is 0 Å². The number of carbonyl (C=O) groups excluding carboxylic acids is 1. The monoisotopic (exact) mass is 207 g/mol. The van der Waals surface area contributed by atoms with Gasteiger partial charge >= 0.3 is 0 Å². The first-order valence-electron chi connectivity index (χ1n) is 4.20. The number of nitro groups is 1. The van der Waals surface area contributed by atoms with E-state index in [2.05, 4.69) is 0 Å². The first-order valence-corrected chi connectivity index (χ1v) is 4.20. The summed E-state index contributed by atoms with van der Waals surface area (Å²) < 4.78 is 0. The van der Waals surface area contributed by atoms with Crippen LogP contribution in [0.2, 0.25) is 0 Å². The number of aldehydes is 1. The molecule has 0 aliphatic rings. The topological polar surface area (TPSA) is 80.4 Å². The zero-order valence-corrected chi connectivity index (χ0v) is 7.79. The van der Waals surface area contributed by atoms with Crippen molar-refractivity contribution in [1.82, 2.24) is 0 Å². The van der Waals surface area contributed by atoms with Gasteiger partial charge in [0.2, 0.25) is 0 Å². The molecule has 1 aromatic rings. The standard InChI is InChI=1S/C10H9NO4/c12-5-1-2-8-3-4-10(11(14)15)9(6-8)7-13/h1-4,6-7,12H,5H2. The number of nitrogens with zero attached hydrogens (tertiary/aromatic N) is 1. The third-order valence-corrected chi connectivity index (χ3v) is 1.79. The van der Waals surface area contributed by atoms with E-state index in [4.69, 9.17) is 5.11 Å². The molecule has 0 fully saturated rings. The summed E-state index contributed by atoms with van der Waals surface area (Å²) in [6.45, 7) is -0.118. The third kappa shape index (κ3) is 2.72. The number of hydrogen-bond acceptors (Lipinski definition) is 4. The highest BCUT2D eigenvalue weighted by Crippen LogP contribution is 2.18. The van der Waals surface area contributed by atoms with Crippen molar-refractivity contribution in [2.75, 3.05) is 6.61 Å². The lowest BCUT2D eigenvalue weighted by atomic mass is 10.1. The molecular weight excluding hydrogens is 198 g/mol. The van der Waals surface area contributed by atoms with Gasteiger partial charge in [-0.15, -0.1) is 0 Å². The Balaban J connectivity index is 3.13. The highest BCUT2D eigenvalue weighted by atomic mass is 16.6. The first-order chi connectivity index (χ1) is 7.19. The van der Waals surface area contributed by atoms with Crippen molar-refractivity contribution < 1.29 is 14.8 Å². The second kappa shape index (κ2) is 5.02. The Labute approximate surface area is 85.8 Å². The predicted octanol–water partition coefficient (Wildman–Crippen LogP) is 1.41. The van der Waals surface area contributed by atoms with Crippen molar-refractivity contribution in [3.05, 3.63) is 45.5 Å².